The van der Waals surface area contributed by atoms with E-state index in [0.717, 1.165) is 17.4 Å². The van der Waals surface area contributed by atoms with Crippen molar-refractivity contribution in [2.24, 2.45) is 7.05 Å². The first-order valence-corrected chi connectivity index (χ1v) is 4.23. The van der Waals surface area contributed by atoms with E-state index in [0.29, 0.717) is 10.8 Å². The highest BCUT2D eigenvalue weighted by atomic mass is 35.5. The molecule has 0 spiro atoms. The molecule has 0 aliphatic rings. The Kier molecular flexibility index (Phi) is 1.78. The van der Waals surface area contributed by atoms with Gasteiger partial charge in [0.05, 0.1) is 17.9 Å². The van der Waals surface area contributed by atoms with Gasteiger partial charge in [0, 0.05) is 7.05 Å². The fourth-order valence-electron chi connectivity index (χ4n) is 0.835. The van der Waals surface area contributed by atoms with E-state index in [2.05, 4.69) is 19.1 Å². The minimum Gasteiger partial charge on any atom is -0.246 e. The molecule has 0 bridgehead atoms. The van der Waals surface area contributed by atoms with Crippen LogP contribution in [0.3, 0.4) is 0 Å². The molecule has 0 saturated carbocycles. The Morgan fingerprint density at radius 2 is 2.33 bits per heavy atom. The van der Waals surface area contributed by atoms with E-state index in [1.165, 1.54) is 0 Å². The van der Waals surface area contributed by atoms with Crippen molar-refractivity contribution in [1.82, 2.24) is 23.7 Å². The molecule has 0 N–H and O–H groups in total. The first-order chi connectivity index (χ1) is 5.79. The fourth-order valence-corrected chi connectivity index (χ4v) is 1.58. The summed E-state index contributed by atoms with van der Waals surface area (Å²) >= 11 is 6.84. The topological polar surface area (TPSA) is 56.5 Å². The highest BCUT2D eigenvalue weighted by Crippen LogP contribution is 2.23. The Labute approximate surface area is 77.3 Å². The van der Waals surface area contributed by atoms with E-state index in [1.807, 2.05) is 0 Å². The molecular weight excluding hydrogens is 198 g/mol. The van der Waals surface area contributed by atoms with Crippen LogP contribution in [0.25, 0.3) is 11.4 Å². The van der Waals surface area contributed by atoms with Crippen molar-refractivity contribution < 1.29 is 0 Å². The summed E-state index contributed by atoms with van der Waals surface area (Å²) in [7, 11) is 1.78. The van der Waals surface area contributed by atoms with Crippen LogP contribution in [0.5, 0.6) is 0 Å². The van der Waals surface area contributed by atoms with Gasteiger partial charge in [0.25, 0.3) is 0 Å². The van der Waals surface area contributed by atoms with Crippen LogP contribution in [0.4, 0.5) is 0 Å². The number of halogens is 1. The third-order valence-corrected chi connectivity index (χ3v) is 2.30. The van der Waals surface area contributed by atoms with Gasteiger partial charge in [-0.25, -0.2) is 4.68 Å². The van der Waals surface area contributed by atoms with Crippen molar-refractivity contribution in [3.8, 4) is 11.4 Å². The van der Waals surface area contributed by atoms with Crippen molar-refractivity contribution in [3.05, 3.63) is 11.3 Å². The number of hydrogen-bond acceptors (Lipinski definition) is 5. The third kappa shape index (κ3) is 1.09. The maximum absolute atomic E-state index is 5.77. The van der Waals surface area contributed by atoms with Gasteiger partial charge in [0.2, 0.25) is 0 Å². The largest absolute Gasteiger partial charge is 0.246 e. The molecule has 0 aliphatic heterocycles. The summed E-state index contributed by atoms with van der Waals surface area (Å²) in [6.07, 6.45) is 1.60. The molecular formula is C5H4ClN5S. The van der Waals surface area contributed by atoms with Crippen molar-refractivity contribution in [3.63, 3.8) is 0 Å². The third-order valence-electron chi connectivity index (χ3n) is 1.41. The van der Waals surface area contributed by atoms with E-state index >= 15 is 0 Å². The summed E-state index contributed by atoms with van der Waals surface area (Å²) in [5, 5.41) is 7.86. The lowest BCUT2D eigenvalue weighted by atomic mass is 10.4. The van der Waals surface area contributed by atoms with Gasteiger partial charge in [-0.15, -0.1) is 5.10 Å². The molecule has 2 heterocycles. The second kappa shape index (κ2) is 2.80. The molecule has 0 unspecified atom stereocenters. The SMILES string of the molecule is Cn1nncc1-c1nsnc1Cl. The van der Waals surface area contributed by atoms with Gasteiger partial charge in [0.15, 0.2) is 5.15 Å². The van der Waals surface area contributed by atoms with E-state index in [4.69, 9.17) is 11.6 Å². The van der Waals surface area contributed by atoms with E-state index in [9.17, 15) is 0 Å². The number of hydrogen-bond donors (Lipinski definition) is 0. The molecule has 5 nitrogen and oxygen atoms in total. The van der Waals surface area contributed by atoms with E-state index in [-0.39, 0.29) is 0 Å². The summed E-state index contributed by atoms with van der Waals surface area (Å²) in [6, 6.07) is 0. The molecule has 0 radical (unpaired) electrons. The van der Waals surface area contributed by atoms with Gasteiger partial charge < -0.3 is 0 Å². The molecule has 7 heteroatoms. The molecule has 2 aromatic rings. The highest BCUT2D eigenvalue weighted by Gasteiger charge is 2.11. The molecule has 0 aromatic carbocycles. The van der Waals surface area contributed by atoms with Crippen LogP contribution in [0, 0.1) is 0 Å². The fraction of sp³-hybridized carbons (Fsp3) is 0.200. The average Bonchev–Trinajstić information content (AvgIpc) is 2.59. The van der Waals surface area contributed by atoms with Crippen LogP contribution in [0.1, 0.15) is 0 Å². The van der Waals surface area contributed by atoms with Gasteiger partial charge in [-0.1, -0.05) is 16.8 Å². The summed E-state index contributed by atoms with van der Waals surface area (Å²) < 4.78 is 9.46. The van der Waals surface area contributed by atoms with Crippen molar-refractivity contribution >= 4 is 23.3 Å². The molecule has 0 aliphatic carbocycles. The molecule has 2 aromatic heterocycles. The van der Waals surface area contributed by atoms with Gasteiger partial charge in [-0.3, -0.25) is 0 Å². The standard InChI is InChI=1S/C5H4ClN5S/c1-11-3(2-7-10-11)4-5(6)9-12-8-4/h2H,1H3. The molecule has 0 fully saturated rings. The molecule has 2 rings (SSSR count). The summed E-state index contributed by atoms with van der Waals surface area (Å²) in [5.74, 6) is 0. The van der Waals surface area contributed by atoms with E-state index in [1.54, 1.807) is 17.9 Å². The predicted octanol–water partition coefficient (Wildman–Crippen LogP) is 0.987. The van der Waals surface area contributed by atoms with Crippen LogP contribution in [-0.2, 0) is 7.05 Å². The van der Waals surface area contributed by atoms with Gasteiger partial charge in [-0.05, 0) is 0 Å². The van der Waals surface area contributed by atoms with Gasteiger partial charge in [0.1, 0.15) is 11.4 Å². The van der Waals surface area contributed by atoms with Crippen molar-refractivity contribution in [1.29, 1.82) is 0 Å². The van der Waals surface area contributed by atoms with Crippen LogP contribution in [-0.4, -0.2) is 23.7 Å². The first-order valence-electron chi connectivity index (χ1n) is 3.12. The Morgan fingerprint density at radius 1 is 1.50 bits per heavy atom. The van der Waals surface area contributed by atoms with Crippen LogP contribution < -0.4 is 0 Å². The summed E-state index contributed by atoms with van der Waals surface area (Å²) in [4.78, 5) is 0. The lowest BCUT2D eigenvalue weighted by Gasteiger charge is -1.93. The minimum atomic E-state index is 0.394. The zero-order chi connectivity index (χ0) is 8.55. The smallest absolute Gasteiger partial charge is 0.172 e. The molecule has 62 valence electrons. The highest BCUT2D eigenvalue weighted by molar-refractivity contribution is 6.99. The zero-order valence-electron chi connectivity index (χ0n) is 6.10. The minimum absolute atomic E-state index is 0.394. The quantitative estimate of drug-likeness (QED) is 0.691. The predicted molar refractivity (Wildman–Crippen MR) is 44.9 cm³/mol. The Balaban J connectivity index is 2.57. The second-order valence-corrected chi connectivity index (χ2v) is 3.03. The monoisotopic (exact) mass is 201 g/mol. The first kappa shape index (κ1) is 7.63. The van der Waals surface area contributed by atoms with Crippen LogP contribution >= 0.6 is 23.3 Å². The van der Waals surface area contributed by atoms with Gasteiger partial charge in [-0.2, -0.15) is 8.75 Å². The number of rotatable bonds is 1. The molecule has 0 atom stereocenters. The number of aromatic nitrogens is 5. The normalized spacial score (nSPS) is 10.5. The van der Waals surface area contributed by atoms with Crippen molar-refractivity contribution in [2.45, 2.75) is 0 Å². The Morgan fingerprint density at radius 3 is 2.83 bits per heavy atom. The molecule has 12 heavy (non-hydrogen) atoms. The maximum atomic E-state index is 5.77. The van der Waals surface area contributed by atoms with Crippen molar-refractivity contribution in [2.75, 3.05) is 0 Å². The zero-order valence-corrected chi connectivity index (χ0v) is 7.67. The van der Waals surface area contributed by atoms with E-state index < -0.39 is 0 Å². The summed E-state index contributed by atoms with van der Waals surface area (Å²) in [6.45, 7) is 0. The molecule has 0 saturated heterocycles. The Hall–Kier alpha value is -1.01. The number of nitrogens with zero attached hydrogens (tertiary/aromatic N) is 5. The lowest BCUT2D eigenvalue weighted by Crippen LogP contribution is -1.93. The van der Waals surface area contributed by atoms with Gasteiger partial charge >= 0.3 is 0 Å². The second-order valence-electron chi connectivity index (χ2n) is 2.15. The maximum Gasteiger partial charge on any atom is 0.172 e. The molecule has 0 amide bonds. The average molecular weight is 202 g/mol. The number of aryl methyl sites for hydroxylation is 1. The lowest BCUT2D eigenvalue weighted by molar-refractivity contribution is 0.719. The Bertz CT molecular complexity index is 356. The summed E-state index contributed by atoms with van der Waals surface area (Å²) in [5.41, 5.74) is 1.41. The van der Waals surface area contributed by atoms with Crippen LogP contribution in [0.2, 0.25) is 5.15 Å². The van der Waals surface area contributed by atoms with Crippen LogP contribution in [0.15, 0.2) is 6.20 Å².